The van der Waals surface area contributed by atoms with Gasteiger partial charge in [-0.3, -0.25) is 0 Å². The molecule has 2 aromatic heterocycles. The van der Waals surface area contributed by atoms with Crippen molar-refractivity contribution < 1.29 is 37.7 Å². The summed E-state index contributed by atoms with van der Waals surface area (Å²) < 4.78 is 32.9. The molecule has 0 atom stereocenters. The van der Waals surface area contributed by atoms with Crippen molar-refractivity contribution in [1.29, 1.82) is 0 Å². The van der Waals surface area contributed by atoms with E-state index >= 15 is 0 Å². The van der Waals surface area contributed by atoms with Gasteiger partial charge in [-0.1, -0.05) is 0 Å². The third-order valence-corrected chi connectivity index (χ3v) is 5.18. The molecule has 0 aliphatic rings. The molecule has 0 N–H and O–H groups in total. The predicted molar refractivity (Wildman–Crippen MR) is 76.9 cm³/mol. The average Bonchev–Trinajstić information content (AvgIpc) is 3.12. The van der Waals surface area contributed by atoms with Gasteiger partial charge in [0.2, 0.25) is 0 Å². The molecule has 8 heteroatoms. The number of allylic oxidation sites excluding steroid dienone is 1. The molecule has 2 rings (SSSR count). The number of hydrogen-bond acceptors (Lipinski definition) is 4. The van der Waals surface area contributed by atoms with Crippen LogP contribution in [0.3, 0.4) is 0 Å². The fraction of sp³-hybridized carbons (Fsp3) is 0.214. The zero-order valence-electron chi connectivity index (χ0n) is 11.7. The fourth-order valence-electron chi connectivity index (χ4n) is 1.71. The number of aromatic nitrogens is 2. The first-order chi connectivity index (χ1) is 10.5. The van der Waals surface area contributed by atoms with Crippen LogP contribution < -0.4 is 4.98 Å². The summed E-state index contributed by atoms with van der Waals surface area (Å²) in [4.78, 5) is 19.8. The van der Waals surface area contributed by atoms with Gasteiger partial charge in [0.05, 0.1) is 0 Å². The van der Waals surface area contributed by atoms with Gasteiger partial charge in [0, 0.05) is 0 Å². The van der Waals surface area contributed by atoms with E-state index in [-0.39, 0.29) is 15.3 Å². The van der Waals surface area contributed by atoms with E-state index in [0.29, 0.717) is 22.9 Å². The van der Waals surface area contributed by atoms with E-state index in [1.165, 1.54) is 38.7 Å². The van der Waals surface area contributed by atoms with Crippen LogP contribution in [-0.4, -0.2) is 22.5 Å². The van der Waals surface area contributed by atoms with Crippen LogP contribution in [-0.2, 0) is 24.1 Å². The minimum absolute atomic E-state index is 0.120. The average molecular weight is 493 g/mol. The van der Waals surface area contributed by atoms with Crippen LogP contribution in [0.25, 0.3) is 17.3 Å². The van der Waals surface area contributed by atoms with Crippen molar-refractivity contribution in [2.45, 2.75) is 13.3 Å². The Morgan fingerprint density at radius 1 is 1.55 bits per heavy atom. The Balaban J connectivity index is 2.45. The van der Waals surface area contributed by atoms with Crippen LogP contribution in [0.15, 0.2) is 17.8 Å². The van der Waals surface area contributed by atoms with E-state index in [4.69, 9.17) is 0 Å². The van der Waals surface area contributed by atoms with Crippen LogP contribution in [0.5, 0.6) is 0 Å². The number of alkyl halides is 2. The van der Waals surface area contributed by atoms with E-state index in [1.54, 1.807) is 6.08 Å². The van der Waals surface area contributed by atoms with Crippen molar-refractivity contribution >= 4 is 27.8 Å². The molecule has 0 aliphatic heterocycles. The number of rotatable bonds is 5. The first kappa shape index (κ1) is 16.9. The second kappa shape index (κ2) is 7.20. The van der Waals surface area contributed by atoms with E-state index in [1.807, 2.05) is 11.3 Å². The number of halogens is 2. The Hall–Kier alpha value is -1.46. The molecular weight excluding hydrogens is 482 g/mol. The molecule has 0 unspecified atom stereocenters. The van der Waals surface area contributed by atoms with E-state index in [0.717, 1.165) is 5.57 Å². The minimum atomic E-state index is -2.69. The number of ether oxygens (including phenoxy) is 1. The predicted octanol–water partition coefficient (Wildman–Crippen LogP) is 3.24. The van der Waals surface area contributed by atoms with E-state index < -0.39 is 12.4 Å². The molecule has 0 saturated heterocycles. The Labute approximate surface area is 140 Å². The Morgan fingerprint density at radius 2 is 2.27 bits per heavy atom. The molecule has 116 valence electrons. The molecule has 2 heterocycles. The van der Waals surface area contributed by atoms with Gasteiger partial charge in [-0.25, -0.2) is 0 Å². The van der Waals surface area contributed by atoms with E-state index in [9.17, 15) is 13.6 Å². The van der Waals surface area contributed by atoms with Gasteiger partial charge >= 0.3 is 141 Å². The summed E-state index contributed by atoms with van der Waals surface area (Å²) in [5.41, 5.74) is 1.54. The van der Waals surface area contributed by atoms with Crippen molar-refractivity contribution in [1.82, 2.24) is 9.97 Å². The molecular formula is C14H11F2N2O2SW-. The second-order valence-electron chi connectivity index (χ2n) is 4.30. The zero-order valence-corrected chi connectivity index (χ0v) is 15.4. The quantitative estimate of drug-likeness (QED) is 0.601. The number of methoxy groups -OCH3 is 1. The van der Waals surface area contributed by atoms with Crippen molar-refractivity contribution in [2.75, 3.05) is 7.11 Å². The molecule has 22 heavy (non-hydrogen) atoms. The Kier molecular flexibility index (Phi) is 5.53. The SMILES string of the molecule is COC(=O)c1cc(-c2cnc(/C=C(/C)[CH]=[W])[n-]2)c(C(F)F)s1. The maximum atomic E-state index is 13.2. The van der Waals surface area contributed by atoms with Gasteiger partial charge in [0.15, 0.2) is 0 Å². The molecule has 0 radical (unpaired) electrons. The standard InChI is InChI=1S/C14H11F2N2O2S.W/c1-7(2)4-11-17-6-9(18-11)8-5-10(14(19)20-3)21-12(8)13(15)16;/h1,4-6,13H,2-3H3;/q-1;/b7-4+;. The van der Waals surface area contributed by atoms with Crippen LogP contribution >= 0.6 is 11.3 Å². The van der Waals surface area contributed by atoms with Gasteiger partial charge in [-0.15, -0.1) is 0 Å². The molecule has 2 aromatic rings. The first-order valence-corrected chi connectivity index (χ1v) is 8.61. The molecule has 0 spiro atoms. The molecule has 0 fully saturated rings. The maximum absolute atomic E-state index is 13.2. The van der Waals surface area contributed by atoms with Crippen molar-refractivity contribution in [2.24, 2.45) is 0 Å². The number of carbonyl (C=O) groups excluding carboxylic acids is 1. The summed E-state index contributed by atoms with van der Waals surface area (Å²) in [6, 6.07) is 1.37. The van der Waals surface area contributed by atoms with Gasteiger partial charge in [0.1, 0.15) is 0 Å². The van der Waals surface area contributed by atoms with Crippen LogP contribution in [0, 0.1) is 0 Å². The molecule has 0 aromatic carbocycles. The summed E-state index contributed by atoms with van der Waals surface area (Å²) in [5, 5.41) is 0. The topological polar surface area (TPSA) is 53.3 Å². The third kappa shape index (κ3) is 3.65. The fourth-order valence-corrected chi connectivity index (χ4v) is 2.90. The number of esters is 1. The van der Waals surface area contributed by atoms with E-state index in [2.05, 4.69) is 14.7 Å². The Morgan fingerprint density at radius 3 is 2.86 bits per heavy atom. The molecule has 0 bridgehead atoms. The van der Waals surface area contributed by atoms with Crippen LogP contribution in [0.1, 0.15) is 33.7 Å². The summed E-state index contributed by atoms with van der Waals surface area (Å²) in [6.07, 6.45) is 0.506. The number of nitrogens with zero attached hydrogens (tertiary/aromatic N) is 2. The summed E-state index contributed by atoms with van der Waals surface area (Å²) >= 11 is 2.01. The van der Waals surface area contributed by atoms with Crippen molar-refractivity contribution in [3.63, 3.8) is 0 Å². The monoisotopic (exact) mass is 493 g/mol. The number of thiophene rings is 1. The molecule has 4 nitrogen and oxygen atoms in total. The van der Waals surface area contributed by atoms with Crippen LogP contribution in [0.2, 0.25) is 0 Å². The number of carbonyl (C=O) groups is 1. The summed E-state index contributed by atoms with van der Waals surface area (Å²) in [5.74, 6) is -0.187. The zero-order chi connectivity index (χ0) is 16.3. The second-order valence-corrected chi connectivity index (χ2v) is 6.23. The van der Waals surface area contributed by atoms with Gasteiger partial charge in [-0.05, 0) is 0 Å². The summed E-state index contributed by atoms with van der Waals surface area (Å²) in [6.45, 7) is 1.91. The number of imidazole rings is 1. The molecule has 0 saturated carbocycles. The van der Waals surface area contributed by atoms with Crippen molar-refractivity contribution in [3.8, 4) is 11.3 Å². The van der Waals surface area contributed by atoms with Gasteiger partial charge in [-0.2, -0.15) is 0 Å². The number of hydrogen-bond donors (Lipinski definition) is 0. The third-order valence-electron chi connectivity index (χ3n) is 2.72. The Bertz CT molecular complexity index is 737. The van der Waals surface area contributed by atoms with Gasteiger partial charge in [0.25, 0.3) is 0 Å². The van der Waals surface area contributed by atoms with Gasteiger partial charge < -0.3 is 0 Å². The first-order valence-electron chi connectivity index (χ1n) is 6.10. The molecule has 0 amide bonds. The summed E-state index contributed by atoms with van der Waals surface area (Å²) in [7, 11) is 1.21. The van der Waals surface area contributed by atoms with Crippen LogP contribution in [0.4, 0.5) is 8.78 Å². The normalized spacial score (nSPS) is 11.8. The van der Waals surface area contributed by atoms with Crippen molar-refractivity contribution in [3.05, 3.63) is 33.4 Å². The molecule has 0 aliphatic carbocycles.